The third-order valence-corrected chi connectivity index (χ3v) is 3.01. The van der Waals surface area contributed by atoms with Crippen molar-refractivity contribution in [1.82, 2.24) is 0 Å². The van der Waals surface area contributed by atoms with Gasteiger partial charge in [0, 0.05) is 12.3 Å². The number of hydrogen-bond acceptors (Lipinski definition) is 3. The highest BCUT2D eigenvalue weighted by molar-refractivity contribution is 5.75. The molecule has 1 heterocycles. The van der Waals surface area contributed by atoms with Gasteiger partial charge in [-0.3, -0.25) is 4.79 Å². The van der Waals surface area contributed by atoms with E-state index in [1.54, 1.807) is 0 Å². The summed E-state index contributed by atoms with van der Waals surface area (Å²) in [7, 11) is 0. The van der Waals surface area contributed by atoms with Crippen molar-refractivity contribution >= 4 is 12.3 Å². The first-order chi connectivity index (χ1) is 7.81. The molecule has 0 saturated carbocycles. The number of esters is 1. The van der Waals surface area contributed by atoms with Crippen LogP contribution in [0.1, 0.15) is 12.0 Å². The van der Waals surface area contributed by atoms with Crippen LogP contribution >= 0.6 is 0 Å². The van der Waals surface area contributed by atoms with E-state index in [1.807, 2.05) is 30.3 Å². The lowest BCUT2D eigenvalue weighted by Gasteiger charge is -2.12. The smallest absolute Gasteiger partial charge is 0.309 e. The average molecular weight is 218 g/mol. The first-order valence-electron chi connectivity index (χ1n) is 5.45. The monoisotopic (exact) mass is 218 g/mol. The molecule has 1 aliphatic rings. The van der Waals surface area contributed by atoms with E-state index >= 15 is 0 Å². The molecule has 2 atom stereocenters. The summed E-state index contributed by atoms with van der Waals surface area (Å²) in [6.07, 6.45) is 1.94. The van der Waals surface area contributed by atoms with Gasteiger partial charge in [-0.1, -0.05) is 30.3 Å². The van der Waals surface area contributed by atoms with E-state index in [-0.39, 0.29) is 17.8 Å². The van der Waals surface area contributed by atoms with Crippen molar-refractivity contribution in [2.75, 3.05) is 6.61 Å². The molecule has 0 aromatic heterocycles. The Kier molecular flexibility index (Phi) is 3.34. The van der Waals surface area contributed by atoms with Crippen LogP contribution < -0.4 is 0 Å². The second-order valence-electron chi connectivity index (χ2n) is 4.09. The topological polar surface area (TPSA) is 43.4 Å². The van der Waals surface area contributed by atoms with Gasteiger partial charge in [0.15, 0.2) is 0 Å². The first-order valence-corrected chi connectivity index (χ1v) is 5.45. The lowest BCUT2D eigenvalue weighted by molar-refractivity contribution is -0.141. The number of rotatable bonds is 4. The Morgan fingerprint density at radius 2 is 2.06 bits per heavy atom. The van der Waals surface area contributed by atoms with Crippen LogP contribution in [0.4, 0.5) is 0 Å². The van der Waals surface area contributed by atoms with Crippen molar-refractivity contribution in [3.63, 3.8) is 0 Å². The second-order valence-corrected chi connectivity index (χ2v) is 4.09. The van der Waals surface area contributed by atoms with Crippen molar-refractivity contribution in [2.24, 2.45) is 11.8 Å². The first kappa shape index (κ1) is 10.9. The van der Waals surface area contributed by atoms with Crippen LogP contribution in [0.3, 0.4) is 0 Å². The fourth-order valence-corrected chi connectivity index (χ4v) is 2.08. The average Bonchev–Trinajstić information content (AvgIpc) is 2.64. The van der Waals surface area contributed by atoms with Gasteiger partial charge in [-0.05, 0) is 12.0 Å². The minimum atomic E-state index is -0.171. The van der Waals surface area contributed by atoms with Crippen molar-refractivity contribution in [2.45, 2.75) is 12.8 Å². The molecule has 1 aliphatic heterocycles. The Morgan fingerprint density at radius 1 is 1.31 bits per heavy atom. The summed E-state index contributed by atoms with van der Waals surface area (Å²) >= 11 is 0. The van der Waals surface area contributed by atoms with E-state index in [2.05, 4.69) is 0 Å². The summed E-state index contributed by atoms with van der Waals surface area (Å²) in [5.74, 6) is -0.284. The molecule has 84 valence electrons. The molecule has 1 saturated heterocycles. The van der Waals surface area contributed by atoms with Crippen molar-refractivity contribution < 1.29 is 14.3 Å². The maximum absolute atomic E-state index is 11.5. The number of carbonyl (C=O) groups excluding carboxylic acids is 2. The second kappa shape index (κ2) is 4.92. The van der Waals surface area contributed by atoms with Crippen molar-refractivity contribution in [3.8, 4) is 0 Å². The van der Waals surface area contributed by atoms with Crippen LogP contribution in [0.2, 0.25) is 0 Å². The summed E-state index contributed by atoms with van der Waals surface area (Å²) in [4.78, 5) is 22.0. The van der Waals surface area contributed by atoms with Gasteiger partial charge in [-0.15, -0.1) is 0 Å². The largest absolute Gasteiger partial charge is 0.465 e. The molecule has 3 heteroatoms. The highest BCUT2D eigenvalue weighted by atomic mass is 16.5. The molecule has 3 nitrogen and oxygen atoms in total. The summed E-state index contributed by atoms with van der Waals surface area (Å²) in [6, 6.07) is 9.82. The third-order valence-electron chi connectivity index (χ3n) is 3.01. The molecular weight excluding hydrogens is 204 g/mol. The lowest BCUT2D eigenvalue weighted by atomic mass is 9.87. The van der Waals surface area contributed by atoms with Crippen LogP contribution in [-0.2, 0) is 20.7 Å². The van der Waals surface area contributed by atoms with Crippen LogP contribution in [0.25, 0.3) is 0 Å². The Bertz CT molecular complexity index is 372. The molecule has 1 aromatic rings. The minimum absolute atomic E-state index is 0.0465. The molecule has 1 aromatic carbocycles. The molecule has 0 aliphatic carbocycles. The molecule has 1 fully saturated rings. The summed E-state index contributed by atoms with van der Waals surface area (Å²) in [5.41, 5.74) is 1.11. The predicted octanol–water partition coefficient (Wildman–Crippen LogP) is 1.61. The SMILES string of the molecule is O=CC[C@@H]1COC(=O)[C@H]1Cc1ccccc1. The van der Waals surface area contributed by atoms with Gasteiger partial charge in [-0.25, -0.2) is 0 Å². The highest BCUT2D eigenvalue weighted by Gasteiger charge is 2.36. The maximum atomic E-state index is 11.5. The Labute approximate surface area is 94.4 Å². The summed E-state index contributed by atoms with van der Waals surface area (Å²) in [6.45, 7) is 0.384. The van der Waals surface area contributed by atoms with Crippen LogP contribution in [0.15, 0.2) is 30.3 Å². The molecule has 0 spiro atoms. The number of hydrogen-bond donors (Lipinski definition) is 0. The maximum Gasteiger partial charge on any atom is 0.309 e. The van der Waals surface area contributed by atoms with Gasteiger partial charge in [0.05, 0.1) is 12.5 Å². The van der Waals surface area contributed by atoms with E-state index in [4.69, 9.17) is 4.74 Å². The van der Waals surface area contributed by atoms with Gasteiger partial charge in [0.2, 0.25) is 0 Å². The van der Waals surface area contributed by atoms with Gasteiger partial charge >= 0.3 is 5.97 Å². The zero-order chi connectivity index (χ0) is 11.4. The molecular formula is C13H14O3. The van der Waals surface area contributed by atoms with Crippen LogP contribution in [0.5, 0.6) is 0 Å². The summed E-state index contributed by atoms with van der Waals surface area (Å²) < 4.78 is 5.01. The van der Waals surface area contributed by atoms with Gasteiger partial charge in [0.1, 0.15) is 6.29 Å². The number of benzene rings is 1. The molecule has 0 amide bonds. The minimum Gasteiger partial charge on any atom is -0.465 e. The standard InChI is InChI=1S/C13H14O3/c14-7-6-11-9-16-13(15)12(11)8-10-4-2-1-3-5-10/h1-5,7,11-12H,6,8-9H2/t11-,12+/m1/s1. The predicted molar refractivity (Wildman–Crippen MR) is 58.8 cm³/mol. The van der Waals surface area contributed by atoms with Gasteiger partial charge < -0.3 is 9.53 Å². The number of cyclic esters (lactones) is 1. The fraction of sp³-hybridized carbons (Fsp3) is 0.385. The fourth-order valence-electron chi connectivity index (χ4n) is 2.08. The van der Waals surface area contributed by atoms with E-state index in [1.165, 1.54) is 0 Å². The van der Waals surface area contributed by atoms with E-state index in [9.17, 15) is 9.59 Å². The molecule has 0 radical (unpaired) electrons. The zero-order valence-corrected chi connectivity index (χ0v) is 8.96. The quantitative estimate of drug-likeness (QED) is 0.569. The van der Waals surface area contributed by atoms with Gasteiger partial charge in [0.25, 0.3) is 0 Å². The van der Waals surface area contributed by atoms with E-state index in [0.29, 0.717) is 19.4 Å². The Hall–Kier alpha value is -1.64. The van der Waals surface area contributed by atoms with E-state index < -0.39 is 0 Å². The Morgan fingerprint density at radius 3 is 2.75 bits per heavy atom. The van der Waals surface area contributed by atoms with Crippen LogP contribution in [0, 0.1) is 11.8 Å². The lowest BCUT2D eigenvalue weighted by Crippen LogP contribution is -2.19. The zero-order valence-electron chi connectivity index (χ0n) is 8.96. The number of ether oxygens (including phenoxy) is 1. The molecule has 16 heavy (non-hydrogen) atoms. The molecule has 0 bridgehead atoms. The number of carbonyl (C=O) groups is 2. The normalized spacial score (nSPS) is 24.1. The number of aldehydes is 1. The highest BCUT2D eigenvalue weighted by Crippen LogP contribution is 2.27. The summed E-state index contributed by atoms with van der Waals surface area (Å²) in [5, 5.41) is 0. The molecule has 0 unspecified atom stereocenters. The van der Waals surface area contributed by atoms with Gasteiger partial charge in [-0.2, -0.15) is 0 Å². The molecule has 2 rings (SSSR count). The third kappa shape index (κ3) is 2.30. The van der Waals surface area contributed by atoms with Crippen molar-refractivity contribution in [3.05, 3.63) is 35.9 Å². The Balaban J connectivity index is 2.07. The molecule has 0 N–H and O–H groups in total. The van der Waals surface area contributed by atoms with Crippen LogP contribution in [-0.4, -0.2) is 18.9 Å². The van der Waals surface area contributed by atoms with E-state index in [0.717, 1.165) is 11.8 Å². The van der Waals surface area contributed by atoms with Crippen molar-refractivity contribution in [1.29, 1.82) is 0 Å².